The number of carbonyl (C=O) groups excluding carboxylic acids is 1. The van der Waals surface area contributed by atoms with Gasteiger partial charge < -0.3 is 24.3 Å². The van der Waals surface area contributed by atoms with Crippen molar-refractivity contribution in [3.8, 4) is 0 Å². The summed E-state index contributed by atoms with van der Waals surface area (Å²) in [7, 11) is -2.02. The predicted octanol–water partition coefficient (Wildman–Crippen LogP) is 2.27. The van der Waals surface area contributed by atoms with Crippen molar-refractivity contribution in [1.82, 2.24) is 24.2 Å². The molecule has 0 saturated carbocycles. The van der Waals surface area contributed by atoms with Crippen LogP contribution in [0.3, 0.4) is 0 Å². The summed E-state index contributed by atoms with van der Waals surface area (Å²) in [4.78, 5) is 24.8. The minimum absolute atomic E-state index is 0.122. The Bertz CT molecular complexity index is 951. The number of rotatable bonds is 9. The van der Waals surface area contributed by atoms with E-state index < -0.39 is 19.5 Å². The van der Waals surface area contributed by atoms with Gasteiger partial charge in [-0.15, -0.1) is 0 Å². The molecular weight excluding hydrogens is 423 g/mol. The van der Waals surface area contributed by atoms with Gasteiger partial charge in [0.15, 0.2) is 11.5 Å². The molecule has 0 bridgehead atoms. The van der Waals surface area contributed by atoms with E-state index in [1.807, 2.05) is 25.3 Å². The van der Waals surface area contributed by atoms with E-state index in [1.54, 1.807) is 11.0 Å². The predicted molar refractivity (Wildman–Crippen MR) is 115 cm³/mol. The summed E-state index contributed by atoms with van der Waals surface area (Å²) >= 11 is 0. The molecule has 1 fully saturated rings. The Labute approximate surface area is 181 Å². The highest BCUT2D eigenvalue weighted by Gasteiger charge is 2.43. The Hall–Kier alpha value is -2.07. The number of aromatic nitrogens is 4. The highest BCUT2D eigenvalue weighted by Crippen LogP contribution is 2.55. The zero-order valence-electron chi connectivity index (χ0n) is 18.4. The minimum atomic E-state index is -3.36. The standard InChI is InChI=1S/C19H31N6O5P/c1-13(2)8-15(19(26)28-4)25-6-5-7-30-31(25,27)12-29-14(3)9-24-11-23-16-17(20)21-10-22-18(16)24/h10-11,13-15H,5-9,12H2,1-4H3,(H2,20,21,22)/t14-,15+,31-/m1/s1. The smallest absolute Gasteiger partial charge is 0.323 e. The summed E-state index contributed by atoms with van der Waals surface area (Å²) < 4.78 is 33.7. The van der Waals surface area contributed by atoms with Crippen LogP contribution >= 0.6 is 7.52 Å². The van der Waals surface area contributed by atoms with Crippen LogP contribution in [0, 0.1) is 5.92 Å². The van der Waals surface area contributed by atoms with Crippen molar-refractivity contribution in [1.29, 1.82) is 0 Å². The lowest BCUT2D eigenvalue weighted by molar-refractivity contribution is -0.146. The molecule has 0 aliphatic carbocycles. The van der Waals surface area contributed by atoms with Crippen LogP contribution in [0.5, 0.6) is 0 Å². The van der Waals surface area contributed by atoms with Gasteiger partial charge in [0, 0.05) is 6.54 Å². The van der Waals surface area contributed by atoms with Gasteiger partial charge in [0.1, 0.15) is 24.2 Å². The van der Waals surface area contributed by atoms with Crippen LogP contribution in [0.15, 0.2) is 12.7 Å². The van der Waals surface area contributed by atoms with E-state index in [1.165, 1.54) is 13.4 Å². The number of esters is 1. The fourth-order valence-corrected chi connectivity index (χ4v) is 5.93. The molecule has 1 saturated heterocycles. The maximum absolute atomic E-state index is 13.7. The van der Waals surface area contributed by atoms with Gasteiger partial charge in [-0.1, -0.05) is 13.8 Å². The fraction of sp³-hybridized carbons (Fsp3) is 0.684. The lowest BCUT2D eigenvalue weighted by atomic mass is 10.0. The number of nitrogens with zero attached hydrogens (tertiary/aromatic N) is 5. The lowest BCUT2D eigenvalue weighted by Gasteiger charge is -2.39. The molecule has 1 aliphatic heterocycles. The number of anilines is 1. The van der Waals surface area contributed by atoms with Gasteiger partial charge in [-0.3, -0.25) is 9.36 Å². The average Bonchev–Trinajstić information content (AvgIpc) is 3.14. The third kappa shape index (κ3) is 5.41. The van der Waals surface area contributed by atoms with E-state index in [0.717, 1.165) is 0 Å². The summed E-state index contributed by atoms with van der Waals surface area (Å²) in [6.45, 7) is 7.17. The van der Waals surface area contributed by atoms with Crippen molar-refractivity contribution < 1.29 is 23.4 Å². The Morgan fingerprint density at radius 3 is 2.81 bits per heavy atom. The molecule has 0 amide bonds. The molecule has 12 heteroatoms. The van der Waals surface area contributed by atoms with Crippen molar-refractivity contribution in [3.63, 3.8) is 0 Å². The molecule has 2 N–H and O–H groups in total. The van der Waals surface area contributed by atoms with Crippen molar-refractivity contribution in [2.75, 3.05) is 32.3 Å². The van der Waals surface area contributed by atoms with Gasteiger partial charge in [-0.05, 0) is 25.7 Å². The number of ether oxygens (including phenoxy) is 2. The van der Waals surface area contributed by atoms with Crippen molar-refractivity contribution in [2.45, 2.75) is 52.3 Å². The number of nitrogens with two attached hydrogens (primary N) is 1. The summed E-state index contributed by atoms with van der Waals surface area (Å²) in [5.41, 5.74) is 6.96. The number of carbonyl (C=O) groups is 1. The quantitative estimate of drug-likeness (QED) is 0.444. The molecule has 1 aliphatic rings. The molecule has 0 spiro atoms. The van der Waals surface area contributed by atoms with Crippen LogP contribution in [-0.2, 0) is 29.9 Å². The zero-order valence-corrected chi connectivity index (χ0v) is 19.3. The third-order valence-electron chi connectivity index (χ3n) is 5.15. The first-order valence-corrected chi connectivity index (χ1v) is 12.1. The molecule has 11 nitrogen and oxygen atoms in total. The Morgan fingerprint density at radius 2 is 2.10 bits per heavy atom. The first kappa shape index (κ1) is 23.6. The molecule has 31 heavy (non-hydrogen) atoms. The molecule has 0 unspecified atom stereocenters. The second-order valence-corrected chi connectivity index (χ2v) is 10.4. The Kier molecular flexibility index (Phi) is 7.64. The molecule has 3 atom stereocenters. The van der Waals surface area contributed by atoms with E-state index >= 15 is 0 Å². The molecule has 2 aromatic heterocycles. The van der Waals surface area contributed by atoms with Crippen LogP contribution in [0.25, 0.3) is 11.2 Å². The van der Waals surface area contributed by atoms with Gasteiger partial charge in [-0.2, -0.15) is 0 Å². The Morgan fingerprint density at radius 1 is 1.32 bits per heavy atom. The van der Waals surface area contributed by atoms with Gasteiger partial charge >= 0.3 is 5.97 Å². The van der Waals surface area contributed by atoms with Gasteiger partial charge in [0.2, 0.25) is 0 Å². The first-order chi connectivity index (χ1) is 14.7. The molecule has 0 aromatic carbocycles. The second-order valence-electron chi connectivity index (χ2n) is 8.09. The fourth-order valence-electron chi connectivity index (χ4n) is 3.65. The summed E-state index contributed by atoms with van der Waals surface area (Å²) in [6.07, 6.45) is 3.79. The maximum atomic E-state index is 13.7. The van der Waals surface area contributed by atoms with Gasteiger partial charge in [0.05, 0.1) is 32.7 Å². The second kappa shape index (κ2) is 10.0. The number of nitrogen functional groups attached to an aromatic ring is 1. The van der Waals surface area contributed by atoms with E-state index in [2.05, 4.69) is 15.0 Å². The van der Waals surface area contributed by atoms with Crippen molar-refractivity contribution in [2.24, 2.45) is 5.92 Å². The van der Waals surface area contributed by atoms with E-state index in [4.69, 9.17) is 19.7 Å². The van der Waals surface area contributed by atoms with E-state index in [0.29, 0.717) is 49.5 Å². The minimum Gasteiger partial charge on any atom is -0.468 e. The highest BCUT2D eigenvalue weighted by atomic mass is 31.2. The van der Waals surface area contributed by atoms with Crippen LogP contribution < -0.4 is 5.73 Å². The number of hydrogen-bond acceptors (Lipinski definition) is 9. The zero-order chi connectivity index (χ0) is 22.6. The van der Waals surface area contributed by atoms with Gasteiger partial charge in [-0.25, -0.2) is 19.6 Å². The van der Waals surface area contributed by atoms with E-state index in [9.17, 15) is 9.36 Å². The Balaban J connectivity index is 1.70. The summed E-state index contributed by atoms with van der Waals surface area (Å²) in [5, 5.41) is 0. The molecule has 2 aromatic rings. The van der Waals surface area contributed by atoms with Crippen molar-refractivity contribution >= 4 is 30.5 Å². The number of imidazole rings is 1. The topological polar surface area (TPSA) is 135 Å². The van der Waals surface area contributed by atoms with Crippen LogP contribution in [0.2, 0.25) is 0 Å². The summed E-state index contributed by atoms with van der Waals surface area (Å²) in [6, 6.07) is -0.632. The average molecular weight is 454 g/mol. The summed E-state index contributed by atoms with van der Waals surface area (Å²) in [5.74, 6) is 0.130. The lowest BCUT2D eigenvalue weighted by Crippen LogP contribution is -2.44. The normalized spacial score (nSPS) is 22.0. The molecule has 3 heterocycles. The first-order valence-electron chi connectivity index (χ1n) is 10.4. The van der Waals surface area contributed by atoms with Crippen LogP contribution in [0.4, 0.5) is 5.82 Å². The number of methoxy groups -OCH3 is 1. The molecular formula is C19H31N6O5P. The molecule has 3 rings (SSSR count). The SMILES string of the molecule is COC(=O)[C@H](CC(C)C)N1CCCO[P@]1(=O)CO[C@H](C)Cn1cnc2c(N)ncnc21. The monoisotopic (exact) mass is 454 g/mol. The molecule has 172 valence electrons. The highest BCUT2D eigenvalue weighted by molar-refractivity contribution is 7.56. The van der Waals surface area contributed by atoms with Crippen molar-refractivity contribution in [3.05, 3.63) is 12.7 Å². The molecule has 0 radical (unpaired) electrons. The van der Waals surface area contributed by atoms with Gasteiger partial charge in [0.25, 0.3) is 7.52 Å². The number of fused-ring (bicyclic) bond motifs is 1. The number of hydrogen-bond donors (Lipinski definition) is 1. The largest absolute Gasteiger partial charge is 0.468 e. The van der Waals surface area contributed by atoms with Crippen LogP contribution in [-0.4, -0.2) is 68.9 Å². The maximum Gasteiger partial charge on any atom is 0.323 e. The van der Waals surface area contributed by atoms with Crippen LogP contribution in [0.1, 0.15) is 33.6 Å². The van der Waals surface area contributed by atoms with E-state index in [-0.39, 0.29) is 18.4 Å². The third-order valence-corrected chi connectivity index (χ3v) is 7.47.